The van der Waals surface area contributed by atoms with Gasteiger partial charge in [-0.1, -0.05) is 56.5 Å². The summed E-state index contributed by atoms with van der Waals surface area (Å²) in [4.78, 5) is 0. The number of nitrogens with one attached hydrogen (secondary N) is 1. The number of hydrogen-bond acceptors (Lipinski definition) is 2. The van der Waals surface area contributed by atoms with E-state index in [1.54, 1.807) is 0 Å². The zero-order valence-electron chi connectivity index (χ0n) is 13.0. The van der Waals surface area contributed by atoms with E-state index in [4.69, 9.17) is 4.74 Å². The predicted molar refractivity (Wildman–Crippen MR) is 84.7 cm³/mol. The first-order valence-electron chi connectivity index (χ1n) is 8.16. The highest BCUT2D eigenvalue weighted by Gasteiger charge is 2.21. The van der Waals surface area contributed by atoms with E-state index in [0.29, 0.717) is 12.1 Å². The highest BCUT2D eigenvalue weighted by Crippen LogP contribution is 2.28. The van der Waals surface area contributed by atoms with Crippen LogP contribution in [0.25, 0.3) is 0 Å². The minimum atomic E-state index is 0.414. The third-order valence-electron chi connectivity index (χ3n) is 4.39. The van der Waals surface area contributed by atoms with Crippen LogP contribution >= 0.6 is 0 Å². The lowest BCUT2D eigenvalue weighted by Crippen LogP contribution is -2.33. The first kappa shape index (κ1) is 15.5. The van der Waals surface area contributed by atoms with E-state index < -0.39 is 0 Å². The molecule has 1 aliphatic carbocycles. The standard InChI is InChI=1S/C18H29NO/c1-3-16-10-7-11-18(12-16)20-14-15(2)19-13-17-8-5-4-6-9-17/h4-6,8-9,15-16,18-19H,3,7,10-14H2,1-2H3/t15-,16?,18+/m0/s1. The maximum absolute atomic E-state index is 6.10. The summed E-state index contributed by atoms with van der Waals surface area (Å²) in [5, 5.41) is 3.54. The number of ether oxygens (including phenoxy) is 1. The van der Waals surface area contributed by atoms with E-state index in [0.717, 1.165) is 19.1 Å². The van der Waals surface area contributed by atoms with Gasteiger partial charge in [0.15, 0.2) is 0 Å². The summed E-state index contributed by atoms with van der Waals surface area (Å²) in [6.45, 7) is 6.27. The normalized spacial score (nSPS) is 24.5. The molecule has 112 valence electrons. The van der Waals surface area contributed by atoms with E-state index in [2.05, 4.69) is 49.5 Å². The van der Waals surface area contributed by atoms with Crippen LogP contribution < -0.4 is 5.32 Å². The molecule has 1 unspecified atom stereocenters. The van der Waals surface area contributed by atoms with E-state index in [9.17, 15) is 0 Å². The van der Waals surface area contributed by atoms with Crippen molar-refractivity contribution in [1.82, 2.24) is 5.32 Å². The molecule has 2 rings (SSSR count). The molecule has 0 heterocycles. The van der Waals surface area contributed by atoms with E-state index in [-0.39, 0.29) is 0 Å². The van der Waals surface area contributed by atoms with Crippen LogP contribution in [0.3, 0.4) is 0 Å². The van der Waals surface area contributed by atoms with Crippen molar-refractivity contribution in [2.45, 2.75) is 64.6 Å². The summed E-state index contributed by atoms with van der Waals surface area (Å²) in [5.41, 5.74) is 1.34. The third-order valence-corrected chi connectivity index (χ3v) is 4.39. The smallest absolute Gasteiger partial charge is 0.0620 e. The molecule has 3 atom stereocenters. The van der Waals surface area contributed by atoms with Crippen LogP contribution in [0.1, 0.15) is 51.5 Å². The van der Waals surface area contributed by atoms with Crippen molar-refractivity contribution in [1.29, 1.82) is 0 Å². The molecular formula is C18H29NO. The quantitative estimate of drug-likeness (QED) is 0.807. The van der Waals surface area contributed by atoms with Gasteiger partial charge in [0.1, 0.15) is 0 Å². The minimum Gasteiger partial charge on any atom is -0.377 e. The SMILES string of the molecule is CCC1CCC[C@@H](OC[C@H](C)NCc2ccccc2)C1. The molecule has 1 saturated carbocycles. The Morgan fingerprint density at radius 2 is 2.05 bits per heavy atom. The Labute approximate surface area is 123 Å². The Morgan fingerprint density at radius 1 is 1.25 bits per heavy atom. The Hall–Kier alpha value is -0.860. The van der Waals surface area contributed by atoms with Gasteiger partial charge >= 0.3 is 0 Å². The average molecular weight is 275 g/mol. The second-order valence-electron chi connectivity index (χ2n) is 6.16. The van der Waals surface area contributed by atoms with E-state index in [1.165, 1.54) is 37.7 Å². The Morgan fingerprint density at radius 3 is 2.80 bits per heavy atom. The summed E-state index contributed by atoms with van der Waals surface area (Å²) in [5.74, 6) is 0.890. The van der Waals surface area contributed by atoms with Crippen LogP contribution in [-0.4, -0.2) is 18.8 Å². The fourth-order valence-corrected chi connectivity index (χ4v) is 2.99. The molecule has 0 amide bonds. The van der Waals surface area contributed by atoms with Crippen molar-refractivity contribution in [2.75, 3.05) is 6.61 Å². The zero-order valence-corrected chi connectivity index (χ0v) is 13.0. The van der Waals surface area contributed by atoms with Gasteiger partial charge in [0.25, 0.3) is 0 Å². The van der Waals surface area contributed by atoms with Crippen molar-refractivity contribution >= 4 is 0 Å². The van der Waals surface area contributed by atoms with Crippen LogP contribution in [0.2, 0.25) is 0 Å². The summed E-state index contributed by atoms with van der Waals surface area (Å²) < 4.78 is 6.10. The Bertz CT molecular complexity index is 365. The highest BCUT2D eigenvalue weighted by molar-refractivity contribution is 5.14. The highest BCUT2D eigenvalue weighted by atomic mass is 16.5. The van der Waals surface area contributed by atoms with Crippen molar-refractivity contribution in [3.8, 4) is 0 Å². The fourth-order valence-electron chi connectivity index (χ4n) is 2.99. The summed E-state index contributed by atoms with van der Waals surface area (Å²) >= 11 is 0. The van der Waals surface area contributed by atoms with Gasteiger partial charge in [-0.05, 0) is 31.2 Å². The van der Waals surface area contributed by atoms with Crippen molar-refractivity contribution < 1.29 is 4.74 Å². The van der Waals surface area contributed by atoms with Crippen molar-refractivity contribution in [3.05, 3.63) is 35.9 Å². The Balaban J connectivity index is 1.63. The molecule has 1 fully saturated rings. The molecule has 1 N–H and O–H groups in total. The number of benzene rings is 1. The van der Waals surface area contributed by atoms with Gasteiger partial charge in [-0.2, -0.15) is 0 Å². The van der Waals surface area contributed by atoms with E-state index in [1.807, 2.05) is 0 Å². The van der Waals surface area contributed by atoms with Crippen LogP contribution in [0, 0.1) is 5.92 Å². The monoisotopic (exact) mass is 275 g/mol. The maximum Gasteiger partial charge on any atom is 0.0620 e. The van der Waals surface area contributed by atoms with Crippen LogP contribution in [-0.2, 0) is 11.3 Å². The lowest BCUT2D eigenvalue weighted by Gasteiger charge is -2.29. The first-order chi connectivity index (χ1) is 9.78. The second-order valence-corrected chi connectivity index (χ2v) is 6.16. The van der Waals surface area contributed by atoms with Gasteiger partial charge in [-0.3, -0.25) is 0 Å². The molecule has 0 aromatic heterocycles. The van der Waals surface area contributed by atoms with Gasteiger partial charge in [0.2, 0.25) is 0 Å². The molecular weight excluding hydrogens is 246 g/mol. The molecule has 0 aliphatic heterocycles. The largest absolute Gasteiger partial charge is 0.377 e. The van der Waals surface area contributed by atoms with Gasteiger partial charge in [-0.15, -0.1) is 0 Å². The van der Waals surface area contributed by atoms with Crippen molar-refractivity contribution in [3.63, 3.8) is 0 Å². The summed E-state index contributed by atoms with van der Waals surface area (Å²) in [6, 6.07) is 11.0. The first-order valence-corrected chi connectivity index (χ1v) is 8.16. The number of hydrogen-bond donors (Lipinski definition) is 1. The summed E-state index contributed by atoms with van der Waals surface area (Å²) in [6.07, 6.45) is 7.06. The molecule has 0 radical (unpaired) electrons. The van der Waals surface area contributed by atoms with Gasteiger partial charge in [0.05, 0.1) is 12.7 Å². The van der Waals surface area contributed by atoms with E-state index >= 15 is 0 Å². The molecule has 2 nitrogen and oxygen atoms in total. The molecule has 1 aromatic rings. The molecule has 0 spiro atoms. The third kappa shape index (κ3) is 5.26. The summed E-state index contributed by atoms with van der Waals surface area (Å²) in [7, 11) is 0. The molecule has 0 bridgehead atoms. The van der Waals surface area contributed by atoms with Crippen LogP contribution in [0.15, 0.2) is 30.3 Å². The predicted octanol–water partition coefficient (Wildman–Crippen LogP) is 4.15. The van der Waals surface area contributed by atoms with Crippen LogP contribution in [0.5, 0.6) is 0 Å². The average Bonchev–Trinajstić information content (AvgIpc) is 2.52. The molecule has 2 heteroatoms. The lowest BCUT2D eigenvalue weighted by atomic mass is 9.85. The van der Waals surface area contributed by atoms with Gasteiger partial charge < -0.3 is 10.1 Å². The zero-order chi connectivity index (χ0) is 14.2. The van der Waals surface area contributed by atoms with Gasteiger partial charge in [-0.25, -0.2) is 0 Å². The molecule has 1 aliphatic rings. The maximum atomic E-state index is 6.10. The van der Waals surface area contributed by atoms with Gasteiger partial charge in [0, 0.05) is 12.6 Å². The topological polar surface area (TPSA) is 21.3 Å². The molecule has 20 heavy (non-hydrogen) atoms. The van der Waals surface area contributed by atoms with Crippen molar-refractivity contribution in [2.24, 2.45) is 5.92 Å². The molecule has 1 aromatic carbocycles. The molecule has 0 saturated heterocycles. The van der Waals surface area contributed by atoms with Crippen LogP contribution in [0.4, 0.5) is 0 Å². The number of rotatable bonds is 7. The second kappa shape index (κ2) is 8.43. The fraction of sp³-hybridized carbons (Fsp3) is 0.667. The Kier molecular flexibility index (Phi) is 6.55. The minimum absolute atomic E-state index is 0.414. The lowest BCUT2D eigenvalue weighted by molar-refractivity contribution is 0.00345.